The van der Waals surface area contributed by atoms with Crippen molar-refractivity contribution >= 4 is 11.6 Å². The summed E-state index contributed by atoms with van der Waals surface area (Å²) in [7, 11) is 0. The monoisotopic (exact) mass is 236 g/mol. The molecule has 3 heteroatoms. The second-order valence-corrected chi connectivity index (χ2v) is 4.26. The number of ketones is 2. The fourth-order valence-electron chi connectivity index (χ4n) is 1.75. The summed E-state index contributed by atoms with van der Waals surface area (Å²) in [5.74, 6) is -1.35. The van der Waals surface area contributed by atoms with Gasteiger partial charge in [0.25, 0.3) is 0 Å². The molecular weight excluding hydrogens is 219 g/mol. The zero-order chi connectivity index (χ0) is 13.0. The van der Waals surface area contributed by atoms with Crippen LogP contribution in [0.2, 0.25) is 0 Å². The number of hydrogen-bond donors (Lipinski definition) is 0. The SMILES string of the molecule is CCCC(=O)C(F)C(=O)c1ccc(C)cc1C. The molecule has 2 nitrogen and oxygen atoms in total. The van der Waals surface area contributed by atoms with Crippen molar-refractivity contribution in [2.24, 2.45) is 0 Å². The van der Waals surface area contributed by atoms with Crippen LogP contribution in [0.1, 0.15) is 41.3 Å². The number of rotatable bonds is 5. The second-order valence-electron chi connectivity index (χ2n) is 4.26. The summed E-state index contributed by atoms with van der Waals surface area (Å²) in [6, 6.07) is 5.14. The molecule has 0 saturated carbocycles. The highest BCUT2D eigenvalue weighted by molar-refractivity contribution is 6.13. The first-order valence-corrected chi connectivity index (χ1v) is 5.75. The van der Waals surface area contributed by atoms with E-state index >= 15 is 0 Å². The van der Waals surface area contributed by atoms with Crippen molar-refractivity contribution in [1.29, 1.82) is 0 Å². The Hall–Kier alpha value is -1.51. The number of Topliss-reactive ketones (excluding diaryl/α,β-unsaturated/α-hetero) is 2. The summed E-state index contributed by atoms with van der Waals surface area (Å²) in [6.45, 7) is 5.43. The van der Waals surface area contributed by atoms with E-state index in [2.05, 4.69) is 0 Å². The Balaban J connectivity index is 2.92. The number of carbonyl (C=O) groups is 2. The molecule has 1 aromatic rings. The molecule has 1 unspecified atom stereocenters. The molecule has 1 aromatic carbocycles. The van der Waals surface area contributed by atoms with Crippen LogP contribution in [0.15, 0.2) is 18.2 Å². The highest BCUT2D eigenvalue weighted by atomic mass is 19.1. The predicted molar refractivity (Wildman–Crippen MR) is 65.1 cm³/mol. The molecular formula is C14H17FO2. The average molecular weight is 236 g/mol. The fraction of sp³-hybridized carbons (Fsp3) is 0.429. The highest BCUT2D eigenvalue weighted by Gasteiger charge is 2.26. The molecule has 0 bridgehead atoms. The van der Waals surface area contributed by atoms with Crippen LogP contribution in [0.3, 0.4) is 0 Å². The number of alkyl halides is 1. The largest absolute Gasteiger partial charge is 0.296 e. The van der Waals surface area contributed by atoms with Gasteiger partial charge in [0, 0.05) is 12.0 Å². The molecule has 0 aliphatic carbocycles. The molecule has 1 atom stereocenters. The van der Waals surface area contributed by atoms with Gasteiger partial charge in [-0.1, -0.05) is 30.7 Å². The van der Waals surface area contributed by atoms with Crippen LogP contribution in [-0.2, 0) is 4.79 Å². The molecule has 17 heavy (non-hydrogen) atoms. The van der Waals surface area contributed by atoms with Gasteiger partial charge >= 0.3 is 0 Å². The first kappa shape index (κ1) is 13.6. The van der Waals surface area contributed by atoms with Crippen molar-refractivity contribution in [2.45, 2.75) is 39.8 Å². The maximum absolute atomic E-state index is 13.6. The molecule has 0 saturated heterocycles. The Bertz CT molecular complexity index is 438. The van der Waals surface area contributed by atoms with E-state index in [0.29, 0.717) is 17.5 Å². The predicted octanol–water partition coefficient (Wildman–Crippen LogP) is 3.19. The van der Waals surface area contributed by atoms with E-state index in [-0.39, 0.29) is 6.42 Å². The van der Waals surface area contributed by atoms with Gasteiger partial charge in [-0.3, -0.25) is 9.59 Å². The second kappa shape index (κ2) is 5.71. The Morgan fingerprint density at radius 2 is 1.94 bits per heavy atom. The summed E-state index contributed by atoms with van der Waals surface area (Å²) in [5.41, 5.74) is 2.02. The van der Waals surface area contributed by atoms with Crippen LogP contribution in [0, 0.1) is 13.8 Å². The number of carbonyl (C=O) groups excluding carboxylic acids is 2. The van der Waals surface area contributed by atoms with Gasteiger partial charge in [-0.2, -0.15) is 0 Å². The molecule has 0 heterocycles. The summed E-state index contributed by atoms with van der Waals surface area (Å²) in [6.07, 6.45) is -1.35. The molecule has 0 aliphatic rings. The van der Waals surface area contributed by atoms with Gasteiger partial charge in [-0.25, -0.2) is 4.39 Å². The molecule has 0 fully saturated rings. The van der Waals surface area contributed by atoms with Crippen LogP contribution in [0.25, 0.3) is 0 Å². The fourth-order valence-corrected chi connectivity index (χ4v) is 1.75. The average Bonchev–Trinajstić information content (AvgIpc) is 2.27. The van der Waals surface area contributed by atoms with E-state index in [1.54, 1.807) is 26.0 Å². The van der Waals surface area contributed by atoms with Crippen molar-refractivity contribution in [1.82, 2.24) is 0 Å². The maximum Gasteiger partial charge on any atom is 0.220 e. The highest BCUT2D eigenvalue weighted by Crippen LogP contribution is 2.15. The van der Waals surface area contributed by atoms with Crippen molar-refractivity contribution in [2.75, 3.05) is 0 Å². The van der Waals surface area contributed by atoms with E-state index in [1.165, 1.54) is 0 Å². The van der Waals surface area contributed by atoms with Gasteiger partial charge in [-0.15, -0.1) is 0 Å². The molecule has 0 aliphatic heterocycles. The van der Waals surface area contributed by atoms with Crippen molar-refractivity contribution in [3.63, 3.8) is 0 Å². The van der Waals surface area contributed by atoms with Gasteiger partial charge in [-0.05, 0) is 25.8 Å². The minimum absolute atomic E-state index is 0.109. The summed E-state index contributed by atoms with van der Waals surface area (Å²) in [4.78, 5) is 23.1. The standard InChI is InChI=1S/C14H17FO2/c1-4-5-12(16)13(15)14(17)11-7-6-9(2)8-10(11)3/h6-8,13H,4-5H2,1-3H3. The molecule has 1 rings (SSSR count). The van der Waals surface area contributed by atoms with Crippen LogP contribution in [-0.4, -0.2) is 17.7 Å². The number of aryl methyl sites for hydroxylation is 2. The van der Waals surface area contributed by atoms with Crippen molar-refractivity contribution < 1.29 is 14.0 Å². The van der Waals surface area contributed by atoms with Crippen molar-refractivity contribution in [3.05, 3.63) is 34.9 Å². The Kier molecular flexibility index (Phi) is 4.55. The minimum atomic E-state index is -2.02. The molecule has 0 N–H and O–H groups in total. The van der Waals surface area contributed by atoms with Gasteiger partial charge < -0.3 is 0 Å². The third kappa shape index (κ3) is 3.22. The Morgan fingerprint density at radius 1 is 1.29 bits per heavy atom. The number of benzene rings is 1. The summed E-state index contributed by atoms with van der Waals surface area (Å²) in [5, 5.41) is 0. The number of halogens is 1. The Morgan fingerprint density at radius 3 is 2.47 bits per heavy atom. The van der Waals surface area contributed by atoms with Gasteiger partial charge in [0.1, 0.15) is 0 Å². The van der Waals surface area contributed by atoms with Crippen LogP contribution in [0.5, 0.6) is 0 Å². The topological polar surface area (TPSA) is 34.1 Å². The van der Waals surface area contributed by atoms with E-state index < -0.39 is 17.7 Å². The van der Waals surface area contributed by atoms with Gasteiger partial charge in [0.15, 0.2) is 5.78 Å². The van der Waals surface area contributed by atoms with Gasteiger partial charge in [0.2, 0.25) is 12.0 Å². The lowest BCUT2D eigenvalue weighted by atomic mass is 9.97. The molecule has 0 radical (unpaired) electrons. The lowest BCUT2D eigenvalue weighted by molar-refractivity contribution is -0.122. The first-order valence-electron chi connectivity index (χ1n) is 5.75. The smallest absolute Gasteiger partial charge is 0.220 e. The normalized spacial score (nSPS) is 12.2. The number of hydrogen-bond acceptors (Lipinski definition) is 2. The third-order valence-corrected chi connectivity index (χ3v) is 2.66. The third-order valence-electron chi connectivity index (χ3n) is 2.66. The zero-order valence-corrected chi connectivity index (χ0v) is 10.4. The van der Waals surface area contributed by atoms with E-state index in [1.807, 2.05) is 13.0 Å². The zero-order valence-electron chi connectivity index (χ0n) is 10.4. The molecule has 0 aromatic heterocycles. The summed E-state index contributed by atoms with van der Waals surface area (Å²) < 4.78 is 13.6. The lowest BCUT2D eigenvalue weighted by Crippen LogP contribution is -2.26. The summed E-state index contributed by atoms with van der Waals surface area (Å²) >= 11 is 0. The van der Waals surface area contributed by atoms with E-state index in [9.17, 15) is 14.0 Å². The van der Waals surface area contributed by atoms with Gasteiger partial charge in [0.05, 0.1) is 0 Å². The quantitative estimate of drug-likeness (QED) is 0.581. The molecule has 92 valence electrons. The maximum atomic E-state index is 13.6. The molecule has 0 spiro atoms. The minimum Gasteiger partial charge on any atom is -0.296 e. The first-order chi connectivity index (χ1) is 7.97. The Labute approximate surface area is 101 Å². The van der Waals surface area contributed by atoms with Crippen LogP contribution in [0.4, 0.5) is 4.39 Å². The van der Waals surface area contributed by atoms with Crippen LogP contribution < -0.4 is 0 Å². The van der Waals surface area contributed by atoms with E-state index in [4.69, 9.17) is 0 Å². The van der Waals surface area contributed by atoms with Crippen molar-refractivity contribution in [3.8, 4) is 0 Å². The van der Waals surface area contributed by atoms with E-state index in [0.717, 1.165) is 5.56 Å². The lowest BCUT2D eigenvalue weighted by Gasteiger charge is -2.09. The molecule has 0 amide bonds. The van der Waals surface area contributed by atoms with Crippen LogP contribution >= 0.6 is 0 Å².